The summed E-state index contributed by atoms with van der Waals surface area (Å²) < 4.78 is 9.91. The number of imide groups is 3. The van der Waals surface area contributed by atoms with E-state index in [4.69, 9.17) is 4.74 Å². The van der Waals surface area contributed by atoms with E-state index in [9.17, 15) is 29.1 Å². The van der Waals surface area contributed by atoms with Crippen molar-refractivity contribution in [3.05, 3.63) is 58.2 Å². The molecule has 0 bridgehead atoms. The van der Waals surface area contributed by atoms with Gasteiger partial charge in [0, 0.05) is 28.2 Å². The summed E-state index contributed by atoms with van der Waals surface area (Å²) in [5, 5.41) is 11.0. The average Bonchev–Trinajstić information content (AvgIpc) is 3.11. The van der Waals surface area contributed by atoms with Crippen molar-refractivity contribution in [1.29, 1.82) is 0 Å². The van der Waals surface area contributed by atoms with E-state index in [-0.39, 0.29) is 52.6 Å². The van der Waals surface area contributed by atoms with E-state index in [1.54, 1.807) is 31.2 Å². The van der Waals surface area contributed by atoms with Crippen LogP contribution in [0.15, 0.2) is 52.6 Å². The Morgan fingerprint density at radius 2 is 1.83 bits per heavy atom. The number of amides is 3. The predicted octanol–water partition coefficient (Wildman–Crippen LogP) is 2.60. The maximum atomic E-state index is 13.3. The van der Waals surface area contributed by atoms with Gasteiger partial charge in [0.05, 0.1) is 26.1 Å². The van der Waals surface area contributed by atoms with E-state index < -0.39 is 41.6 Å². The molecule has 0 aromatic heterocycles. The van der Waals surface area contributed by atoms with Crippen LogP contribution in [0.5, 0.6) is 11.5 Å². The number of carbonyl (C=O) groups excluding carboxylic acids is 5. The first-order valence-electron chi connectivity index (χ1n) is 11.2. The highest BCUT2D eigenvalue weighted by Gasteiger charge is 2.58. The molecule has 1 saturated heterocycles. The summed E-state index contributed by atoms with van der Waals surface area (Å²) in [6.07, 6.45) is 2.29. The molecule has 1 fully saturated rings. The molecular weight excluding hydrogens is 454 g/mol. The summed E-state index contributed by atoms with van der Waals surface area (Å²) >= 11 is 0. The number of nitrogens with zero attached hydrogens (tertiary/aromatic N) is 1. The topological polar surface area (TPSA) is 127 Å². The van der Waals surface area contributed by atoms with Crippen LogP contribution in [-0.2, 0) is 23.9 Å². The largest absolute Gasteiger partial charge is 0.504 e. The minimum atomic E-state index is -1.05. The smallest absolute Gasteiger partial charge is 0.423 e. The van der Waals surface area contributed by atoms with Gasteiger partial charge in [-0.2, -0.15) is 4.90 Å². The molecule has 0 unspecified atom stereocenters. The van der Waals surface area contributed by atoms with Crippen LogP contribution in [0.3, 0.4) is 0 Å². The van der Waals surface area contributed by atoms with Crippen molar-refractivity contribution in [1.82, 2.24) is 4.90 Å². The monoisotopic (exact) mass is 477 g/mol. The lowest BCUT2D eigenvalue weighted by Gasteiger charge is -2.42. The molecule has 0 spiro atoms. The number of fused-ring (bicyclic) bond motifs is 3. The van der Waals surface area contributed by atoms with Gasteiger partial charge in [0.1, 0.15) is 0 Å². The Morgan fingerprint density at radius 3 is 2.51 bits per heavy atom. The molecule has 3 amide bonds. The molecule has 0 saturated carbocycles. The van der Waals surface area contributed by atoms with Gasteiger partial charge in [-0.1, -0.05) is 23.8 Å². The molecule has 35 heavy (non-hydrogen) atoms. The fourth-order valence-electron chi connectivity index (χ4n) is 5.92. The maximum absolute atomic E-state index is 13.3. The fraction of sp³-hybridized carbons (Fsp3) is 0.346. The molecule has 1 heterocycles. The Labute approximate surface area is 200 Å². The van der Waals surface area contributed by atoms with Gasteiger partial charge in [-0.25, -0.2) is 4.79 Å². The van der Waals surface area contributed by atoms with Crippen molar-refractivity contribution >= 4 is 29.5 Å². The zero-order chi connectivity index (χ0) is 25.2. The van der Waals surface area contributed by atoms with E-state index in [0.29, 0.717) is 16.0 Å². The van der Waals surface area contributed by atoms with Crippen LogP contribution in [0.4, 0.5) is 4.79 Å². The molecule has 180 valence electrons. The number of hydrogen-bond acceptors (Lipinski definition) is 8. The van der Waals surface area contributed by atoms with Gasteiger partial charge < -0.3 is 14.6 Å². The van der Waals surface area contributed by atoms with Crippen LogP contribution in [-0.4, -0.2) is 53.7 Å². The number of phenolic OH excluding ortho intramolecular Hbond substituents is 1. The van der Waals surface area contributed by atoms with Crippen LogP contribution >= 0.6 is 0 Å². The van der Waals surface area contributed by atoms with Crippen LogP contribution < -0.4 is 4.74 Å². The average molecular weight is 477 g/mol. The van der Waals surface area contributed by atoms with E-state index in [1.165, 1.54) is 13.2 Å². The summed E-state index contributed by atoms with van der Waals surface area (Å²) in [6.45, 7) is 1.57. The summed E-state index contributed by atoms with van der Waals surface area (Å²) in [5.41, 5.74) is 1.84. The number of aromatic hydroxyl groups is 1. The highest BCUT2D eigenvalue weighted by atomic mass is 16.5. The number of methoxy groups -OCH3 is 2. The predicted molar refractivity (Wildman–Crippen MR) is 120 cm³/mol. The van der Waals surface area contributed by atoms with Crippen LogP contribution in [0.2, 0.25) is 0 Å². The van der Waals surface area contributed by atoms with Gasteiger partial charge in [-0.15, -0.1) is 0 Å². The number of para-hydroxylation sites is 1. The first kappa shape index (κ1) is 22.8. The molecule has 1 aromatic carbocycles. The maximum Gasteiger partial charge on any atom is 0.423 e. The highest BCUT2D eigenvalue weighted by molar-refractivity contribution is 6.24. The molecule has 1 aliphatic heterocycles. The van der Waals surface area contributed by atoms with Crippen LogP contribution in [0.1, 0.15) is 31.2 Å². The van der Waals surface area contributed by atoms with Gasteiger partial charge in [-0.05, 0) is 37.8 Å². The summed E-state index contributed by atoms with van der Waals surface area (Å²) in [4.78, 5) is 65.4. The van der Waals surface area contributed by atoms with Gasteiger partial charge in [0.25, 0.3) is 0 Å². The number of likely N-dealkylation sites (tertiary alicyclic amines) is 1. The lowest BCUT2D eigenvalue weighted by molar-refractivity contribution is -0.137. The highest BCUT2D eigenvalue weighted by Crippen LogP contribution is 2.56. The molecular formula is C26H23NO8. The second-order valence-electron chi connectivity index (χ2n) is 9.11. The number of ketones is 2. The summed E-state index contributed by atoms with van der Waals surface area (Å²) in [7, 11) is 2.50. The third-order valence-corrected chi connectivity index (χ3v) is 7.48. The van der Waals surface area contributed by atoms with E-state index in [1.807, 2.05) is 0 Å². The molecule has 0 radical (unpaired) electrons. The lowest BCUT2D eigenvalue weighted by Crippen LogP contribution is -2.40. The van der Waals surface area contributed by atoms with Crippen molar-refractivity contribution in [3.63, 3.8) is 0 Å². The molecule has 1 aromatic rings. The van der Waals surface area contributed by atoms with Gasteiger partial charge in [-0.3, -0.25) is 19.2 Å². The Balaban J connectivity index is 1.71. The quantitative estimate of drug-likeness (QED) is 0.391. The number of hydrogen-bond donors (Lipinski definition) is 1. The SMILES string of the molecule is COC(=O)N1C(=O)[C@H]2[C@H](CC=C3[C@H](c4cccc(OC)c4O)C4=C(C[C@H]32)C(=O)C=C(C)C4=O)C1=O. The molecule has 4 atom stereocenters. The number of phenols is 1. The first-order valence-corrected chi connectivity index (χ1v) is 11.2. The summed E-state index contributed by atoms with van der Waals surface area (Å²) in [6, 6.07) is 4.90. The van der Waals surface area contributed by atoms with Crippen molar-refractivity contribution in [2.75, 3.05) is 14.2 Å². The van der Waals surface area contributed by atoms with Crippen LogP contribution in [0, 0.1) is 17.8 Å². The molecule has 9 nitrogen and oxygen atoms in total. The van der Waals surface area contributed by atoms with Gasteiger partial charge >= 0.3 is 6.09 Å². The van der Waals surface area contributed by atoms with E-state index >= 15 is 0 Å². The Kier molecular flexibility index (Phi) is 5.23. The number of carbonyl (C=O) groups is 5. The summed E-state index contributed by atoms with van der Waals surface area (Å²) in [5.74, 6) is -5.02. The zero-order valence-electron chi connectivity index (χ0n) is 19.4. The second-order valence-corrected chi connectivity index (χ2v) is 9.11. The lowest BCUT2D eigenvalue weighted by atomic mass is 9.59. The van der Waals surface area contributed by atoms with Crippen molar-refractivity contribution in [3.8, 4) is 11.5 Å². The molecule has 4 aliphatic rings. The number of benzene rings is 1. The Morgan fingerprint density at radius 1 is 1.09 bits per heavy atom. The minimum Gasteiger partial charge on any atom is -0.504 e. The van der Waals surface area contributed by atoms with Gasteiger partial charge in [0.15, 0.2) is 23.1 Å². The van der Waals surface area contributed by atoms with Crippen molar-refractivity contribution in [2.45, 2.75) is 25.7 Å². The number of Topliss-reactive ketones (excluding diaryl/α,β-unsaturated/α-hetero) is 1. The fourth-order valence-corrected chi connectivity index (χ4v) is 5.92. The molecule has 5 rings (SSSR count). The van der Waals surface area contributed by atoms with Crippen LogP contribution in [0.25, 0.3) is 0 Å². The molecule has 3 aliphatic carbocycles. The Hall–Kier alpha value is -4.01. The first-order chi connectivity index (χ1) is 16.7. The van der Waals surface area contributed by atoms with Crippen molar-refractivity contribution in [2.24, 2.45) is 17.8 Å². The van der Waals surface area contributed by atoms with E-state index in [2.05, 4.69) is 4.74 Å². The third kappa shape index (κ3) is 3.10. The number of rotatable bonds is 2. The standard InChI is InChI=1S/C26H23NO8/c1-11-9-17(28)16-10-15-12(7-8-14-20(15)25(32)27(24(14)31)26(33)35-3)19(21(16)22(11)29)13-5-4-6-18(34-2)23(13)30/h4-7,9,14-15,19-20,30H,8,10H2,1-3H3/t14-,15+,19+,20-/m0/s1. The Bertz CT molecular complexity index is 1320. The minimum absolute atomic E-state index is 0.0753. The third-order valence-electron chi connectivity index (χ3n) is 7.48. The molecule has 9 heteroatoms. The van der Waals surface area contributed by atoms with Gasteiger partial charge in [0.2, 0.25) is 11.8 Å². The zero-order valence-corrected chi connectivity index (χ0v) is 19.4. The second kappa shape index (κ2) is 8.04. The normalized spacial score (nSPS) is 27.7. The van der Waals surface area contributed by atoms with E-state index in [0.717, 1.165) is 7.11 Å². The van der Waals surface area contributed by atoms with Crippen molar-refractivity contribution < 1.29 is 38.6 Å². The number of ether oxygens (including phenoxy) is 2. The number of allylic oxidation sites excluding steroid dienone is 6. The molecule has 1 N–H and O–H groups in total.